The summed E-state index contributed by atoms with van der Waals surface area (Å²) in [6, 6.07) is 2.02. The predicted octanol–water partition coefficient (Wildman–Crippen LogP) is 3.26. The lowest BCUT2D eigenvalue weighted by Crippen LogP contribution is -2.08. The maximum Gasteiger partial charge on any atom is 0.199 e. The lowest BCUT2D eigenvalue weighted by atomic mass is 10.1. The van der Waals surface area contributed by atoms with Crippen molar-refractivity contribution in [1.29, 1.82) is 0 Å². The number of nitrogens with zero attached hydrogens (tertiary/aromatic N) is 4. The van der Waals surface area contributed by atoms with Crippen LogP contribution in [0.25, 0.3) is 11.6 Å². The van der Waals surface area contributed by atoms with Crippen molar-refractivity contribution < 1.29 is 0 Å². The second-order valence-corrected chi connectivity index (χ2v) is 5.68. The number of aryl methyl sites for hydroxylation is 1. The first-order chi connectivity index (χ1) is 10.1. The molecular formula is C16H23N5. The van der Waals surface area contributed by atoms with Crippen LogP contribution >= 0.6 is 0 Å². The third-order valence-corrected chi connectivity index (χ3v) is 2.93. The van der Waals surface area contributed by atoms with E-state index in [0.29, 0.717) is 17.6 Å². The van der Waals surface area contributed by atoms with Crippen LogP contribution < -0.4 is 5.32 Å². The van der Waals surface area contributed by atoms with Gasteiger partial charge in [-0.25, -0.2) is 19.9 Å². The molecule has 0 spiro atoms. The predicted molar refractivity (Wildman–Crippen MR) is 85.1 cm³/mol. The SMILES string of the molecule is CCCNc1cc(CC(C)C)nc(-c2ncc(C)cn2)n1. The largest absolute Gasteiger partial charge is 0.370 e. The lowest BCUT2D eigenvalue weighted by Gasteiger charge is -2.10. The zero-order valence-electron chi connectivity index (χ0n) is 13.2. The summed E-state index contributed by atoms with van der Waals surface area (Å²) in [6.07, 6.45) is 5.56. The van der Waals surface area contributed by atoms with Gasteiger partial charge < -0.3 is 5.32 Å². The van der Waals surface area contributed by atoms with E-state index in [1.54, 1.807) is 12.4 Å². The van der Waals surface area contributed by atoms with Crippen LogP contribution in [0.4, 0.5) is 5.82 Å². The van der Waals surface area contributed by atoms with Gasteiger partial charge in [0.05, 0.1) is 0 Å². The lowest BCUT2D eigenvalue weighted by molar-refractivity contribution is 0.634. The Hall–Kier alpha value is -2.04. The third-order valence-electron chi connectivity index (χ3n) is 2.93. The minimum Gasteiger partial charge on any atom is -0.370 e. The van der Waals surface area contributed by atoms with Crippen molar-refractivity contribution in [2.24, 2.45) is 5.92 Å². The van der Waals surface area contributed by atoms with Gasteiger partial charge >= 0.3 is 0 Å². The molecule has 2 heterocycles. The van der Waals surface area contributed by atoms with E-state index in [2.05, 4.69) is 46.0 Å². The average Bonchev–Trinajstić information content (AvgIpc) is 2.45. The maximum absolute atomic E-state index is 4.61. The van der Waals surface area contributed by atoms with E-state index in [0.717, 1.165) is 36.5 Å². The van der Waals surface area contributed by atoms with Gasteiger partial charge in [0.15, 0.2) is 11.6 Å². The highest BCUT2D eigenvalue weighted by Gasteiger charge is 2.10. The summed E-state index contributed by atoms with van der Waals surface area (Å²) in [6.45, 7) is 9.36. The van der Waals surface area contributed by atoms with Gasteiger partial charge in [0.2, 0.25) is 0 Å². The van der Waals surface area contributed by atoms with Crippen molar-refractivity contribution >= 4 is 5.82 Å². The molecule has 0 saturated carbocycles. The smallest absolute Gasteiger partial charge is 0.199 e. The molecule has 5 heteroatoms. The summed E-state index contributed by atoms with van der Waals surface area (Å²) >= 11 is 0. The Kier molecular flexibility index (Phi) is 5.20. The summed E-state index contributed by atoms with van der Waals surface area (Å²) < 4.78 is 0. The molecule has 2 aromatic rings. The molecule has 0 aliphatic carbocycles. The first-order valence-electron chi connectivity index (χ1n) is 7.49. The maximum atomic E-state index is 4.61. The standard InChI is InChI=1S/C16H23N5/c1-5-6-17-14-8-13(7-11(2)3)20-16(21-14)15-18-9-12(4)10-19-15/h8-11H,5-7H2,1-4H3,(H,17,20,21). The van der Waals surface area contributed by atoms with Crippen molar-refractivity contribution in [1.82, 2.24) is 19.9 Å². The Bertz CT molecular complexity index is 578. The van der Waals surface area contributed by atoms with Crippen LogP contribution in [0.1, 0.15) is 38.4 Å². The molecule has 0 radical (unpaired) electrons. The van der Waals surface area contributed by atoms with Crippen LogP contribution in [-0.2, 0) is 6.42 Å². The number of rotatable bonds is 6. The van der Waals surface area contributed by atoms with E-state index in [1.165, 1.54) is 0 Å². The van der Waals surface area contributed by atoms with Crippen LogP contribution in [0, 0.1) is 12.8 Å². The van der Waals surface area contributed by atoms with Crippen LogP contribution in [0.3, 0.4) is 0 Å². The Morgan fingerprint density at radius 1 is 1.10 bits per heavy atom. The van der Waals surface area contributed by atoms with Crippen LogP contribution in [0.5, 0.6) is 0 Å². The highest BCUT2D eigenvalue weighted by Crippen LogP contribution is 2.16. The minimum atomic E-state index is 0.547. The zero-order valence-corrected chi connectivity index (χ0v) is 13.2. The van der Waals surface area contributed by atoms with Crippen molar-refractivity contribution in [3.8, 4) is 11.6 Å². The normalized spacial score (nSPS) is 10.9. The van der Waals surface area contributed by atoms with E-state index in [1.807, 2.05) is 13.0 Å². The summed E-state index contributed by atoms with van der Waals surface area (Å²) in [4.78, 5) is 17.8. The molecule has 0 bridgehead atoms. The molecule has 2 aromatic heterocycles. The highest BCUT2D eigenvalue weighted by atomic mass is 15.1. The molecule has 0 aliphatic heterocycles. The van der Waals surface area contributed by atoms with Gasteiger partial charge in [-0.05, 0) is 31.2 Å². The second-order valence-electron chi connectivity index (χ2n) is 5.68. The van der Waals surface area contributed by atoms with Gasteiger partial charge in [0.1, 0.15) is 5.82 Å². The van der Waals surface area contributed by atoms with E-state index < -0.39 is 0 Å². The molecule has 2 rings (SSSR count). The van der Waals surface area contributed by atoms with Crippen LogP contribution in [0.2, 0.25) is 0 Å². The van der Waals surface area contributed by atoms with Crippen molar-refractivity contribution in [2.75, 3.05) is 11.9 Å². The van der Waals surface area contributed by atoms with E-state index in [4.69, 9.17) is 0 Å². The average molecular weight is 285 g/mol. The summed E-state index contributed by atoms with van der Waals surface area (Å²) in [5.41, 5.74) is 2.05. The summed E-state index contributed by atoms with van der Waals surface area (Å²) in [5.74, 6) is 2.56. The molecule has 0 aliphatic rings. The van der Waals surface area contributed by atoms with Gasteiger partial charge in [-0.1, -0.05) is 20.8 Å². The van der Waals surface area contributed by atoms with Gasteiger partial charge in [0.25, 0.3) is 0 Å². The quantitative estimate of drug-likeness (QED) is 0.882. The Balaban J connectivity index is 2.36. The molecule has 0 saturated heterocycles. The fourth-order valence-corrected chi connectivity index (χ4v) is 1.97. The summed E-state index contributed by atoms with van der Waals surface area (Å²) in [7, 11) is 0. The van der Waals surface area contributed by atoms with Gasteiger partial charge in [-0.2, -0.15) is 0 Å². The molecule has 0 unspecified atom stereocenters. The zero-order chi connectivity index (χ0) is 15.2. The molecular weight excluding hydrogens is 262 g/mol. The van der Waals surface area contributed by atoms with Gasteiger partial charge in [-0.3, -0.25) is 0 Å². The molecule has 0 amide bonds. The van der Waals surface area contributed by atoms with Crippen molar-refractivity contribution in [2.45, 2.75) is 40.5 Å². The van der Waals surface area contributed by atoms with Crippen molar-refractivity contribution in [3.63, 3.8) is 0 Å². The number of anilines is 1. The minimum absolute atomic E-state index is 0.547. The van der Waals surface area contributed by atoms with Gasteiger partial charge in [-0.15, -0.1) is 0 Å². The topological polar surface area (TPSA) is 63.6 Å². The monoisotopic (exact) mass is 285 g/mol. The number of hydrogen-bond donors (Lipinski definition) is 1. The molecule has 21 heavy (non-hydrogen) atoms. The highest BCUT2D eigenvalue weighted by molar-refractivity contribution is 5.49. The third kappa shape index (κ3) is 4.48. The second kappa shape index (κ2) is 7.11. The molecule has 112 valence electrons. The molecule has 0 aromatic carbocycles. The van der Waals surface area contributed by atoms with E-state index in [-0.39, 0.29) is 0 Å². The van der Waals surface area contributed by atoms with Crippen LogP contribution in [-0.4, -0.2) is 26.5 Å². The number of nitrogens with one attached hydrogen (secondary N) is 1. The Morgan fingerprint density at radius 2 is 1.81 bits per heavy atom. The first-order valence-corrected chi connectivity index (χ1v) is 7.49. The fourth-order valence-electron chi connectivity index (χ4n) is 1.97. The van der Waals surface area contributed by atoms with E-state index >= 15 is 0 Å². The van der Waals surface area contributed by atoms with Crippen LogP contribution in [0.15, 0.2) is 18.5 Å². The first kappa shape index (κ1) is 15.4. The Morgan fingerprint density at radius 3 is 2.43 bits per heavy atom. The molecule has 0 fully saturated rings. The fraction of sp³-hybridized carbons (Fsp3) is 0.500. The summed E-state index contributed by atoms with van der Waals surface area (Å²) in [5, 5.41) is 3.32. The van der Waals surface area contributed by atoms with E-state index in [9.17, 15) is 0 Å². The number of aromatic nitrogens is 4. The van der Waals surface area contributed by atoms with Gasteiger partial charge in [0, 0.05) is 30.7 Å². The number of hydrogen-bond acceptors (Lipinski definition) is 5. The Labute approximate surface area is 126 Å². The molecule has 0 atom stereocenters. The van der Waals surface area contributed by atoms with Crippen molar-refractivity contribution in [3.05, 3.63) is 29.7 Å². The molecule has 5 nitrogen and oxygen atoms in total. The molecule has 1 N–H and O–H groups in total.